The topological polar surface area (TPSA) is 49.3 Å². The molecule has 0 aliphatic heterocycles. The summed E-state index contributed by atoms with van der Waals surface area (Å²) in [6.07, 6.45) is 4.15. The largest absolute Gasteiger partial charge is 0.393 e. The molecule has 84 valence electrons. The molecule has 0 saturated carbocycles. The molecule has 0 bridgehead atoms. The Morgan fingerprint density at radius 1 is 1.29 bits per heavy atom. The van der Waals surface area contributed by atoms with E-state index < -0.39 is 0 Å². The van der Waals surface area contributed by atoms with E-state index >= 15 is 0 Å². The molecule has 0 heterocycles. The van der Waals surface area contributed by atoms with Gasteiger partial charge >= 0.3 is 0 Å². The van der Waals surface area contributed by atoms with E-state index in [4.69, 9.17) is 0 Å². The molecule has 0 spiro atoms. The molecular weight excluding hydrogens is 178 g/mol. The molecule has 0 fully saturated rings. The van der Waals surface area contributed by atoms with Crippen molar-refractivity contribution in [1.82, 2.24) is 5.32 Å². The Labute approximate surface area is 86.9 Å². The lowest BCUT2D eigenvalue weighted by Crippen LogP contribution is -2.20. The number of amides is 1. The van der Waals surface area contributed by atoms with Gasteiger partial charge in [0.25, 0.3) is 0 Å². The number of nitrogens with one attached hydrogen (secondary N) is 1. The van der Waals surface area contributed by atoms with Crippen molar-refractivity contribution in [3.05, 3.63) is 0 Å². The van der Waals surface area contributed by atoms with Gasteiger partial charge in [0.2, 0.25) is 5.91 Å². The van der Waals surface area contributed by atoms with Crippen LogP contribution in [0.2, 0.25) is 0 Å². The van der Waals surface area contributed by atoms with E-state index in [2.05, 4.69) is 12.2 Å². The zero-order chi connectivity index (χ0) is 11.0. The van der Waals surface area contributed by atoms with Crippen LogP contribution in [0.15, 0.2) is 0 Å². The summed E-state index contributed by atoms with van der Waals surface area (Å²) in [6.45, 7) is 6.22. The average molecular weight is 201 g/mol. The second kappa shape index (κ2) is 7.80. The summed E-state index contributed by atoms with van der Waals surface area (Å²) in [5.41, 5.74) is 0. The van der Waals surface area contributed by atoms with Crippen molar-refractivity contribution < 1.29 is 9.90 Å². The van der Waals surface area contributed by atoms with Gasteiger partial charge in [-0.1, -0.05) is 19.8 Å². The Morgan fingerprint density at radius 3 is 2.43 bits per heavy atom. The Balaban J connectivity index is 3.17. The molecule has 14 heavy (non-hydrogen) atoms. The molecule has 0 aromatic heterocycles. The fourth-order valence-corrected chi connectivity index (χ4v) is 1.27. The first-order valence-corrected chi connectivity index (χ1v) is 5.46. The predicted octanol–water partition coefficient (Wildman–Crippen LogP) is 1.70. The molecular formula is C11H23NO2. The molecule has 3 nitrogen and oxygen atoms in total. The Morgan fingerprint density at radius 2 is 1.93 bits per heavy atom. The van der Waals surface area contributed by atoms with Crippen LogP contribution in [0.3, 0.4) is 0 Å². The number of hydrogen-bond acceptors (Lipinski definition) is 2. The van der Waals surface area contributed by atoms with E-state index in [1.165, 1.54) is 6.92 Å². The van der Waals surface area contributed by atoms with E-state index in [1.807, 2.05) is 6.92 Å². The number of carbonyl (C=O) groups excluding carboxylic acids is 1. The minimum absolute atomic E-state index is 0.0438. The van der Waals surface area contributed by atoms with Crippen molar-refractivity contribution in [3.8, 4) is 0 Å². The van der Waals surface area contributed by atoms with Crippen molar-refractivity contribution in [1.29, 1.82) is 0 Å². The van der Waals surface area contributed by atoms with Crippen LogP contribution in [0.4, 0.5) is 0 Å². The Bertz CT molecular complexity index is 157. The summed E-state index contributed by atoms with van der Waals surface area (Å²) < 4.78 is 0. The van der Waals surface area contributed by atoms with Gasteiger partial charge in [-0.3, -0.25) is 4.79 Å². The molecule has 0 aromatic rings. The summed E-state index contributed by atoms with van der Waals surface area (Å²) in [5.74, 6) is 0.429. The molecule has 3 heteroatoms. The molecule has 0 saturated heterocycles. The lowest BCUT2D eigenvalue weighted by Gasteiger charge is -2.13. The fraction of sp³-hybridized carbons (Fsp3) is 0.909. The summed E-state index contributed by atoms with van der Waals surface area (Å²) >= 11 is 0. The standard InChI is InChI=1S/C11H23NO2/c1-9(10(2)13)7-5-4-6-8-12-11(3)14/h9-10,13H,4-8H2,1-3H3,(H,12,14). The van der Waals surface area contributed by atoms with Crippen molar-refractivity contribution >= 4 is 5.91 Å². The SMILES string of the molecule is CC(=O)NCCCCCC(C)C(C)O. The van der Waals surface area contributed by atoms with Gasteiger partial charge in [0.05, 0.1) is 6.10 Å². The molecule has 0 aliphatic carbocycles. The van der Waals surface area contributed by atoms with Crippen LogP contribution in [-0.2, 0) is 4.79 Å². The Kier molecular flexibility index (Phi) is 7.48. The van der Waals surface area contributed by atoms with Crippen LogP contribution in [-0.4, -0.2) is 23.7 Å². The van der Waals surface area contributed by atoms with Gasteiger partial charge in [-0.25, -0.2) is 0 Å². The first-order valence-electron chi connectivity index (χ1n) is 5.46. The fourth-order valence-electron chi connectivity index (χ4n) is 1.27. The van der Waals surface area contributed by atoms with E-state index in [1.54, 1.807) is 0 Å². The Hall–Kier alpha value is -0.570. The highest BCUT2D eigenvalue weighted by Crippen LogP contribution is 2.12. The predicted molar refractivity (Wildman–Crippen MR) is 58.0 cm³/mol. The van der Waals surface area contributed by atoms with Crippen LogP contribution < -0.4 is 5.32 Å². The smallest absolute Gasteiger partial charge is 0.216 e. The van der Waals surface area contributed by atoms with Crippen molar-refractivity contribution in [2.75, 3.05) is 6.54 Å². The highest BCUT2D eigenvalue weighted by atomic mass is 16.3. The van der Waals surface area contributed by atoms with Gasteiger partial charge in [-0.05, 0) is 25.7 Å². The number of hydrogen-bond donors (Lipinski definition) is 2. The van der Waals surface area contributed by atoms with Gasteiger partial charge in [-0.15, -0.1) is 0 Å². The average Bonchev–Trinajstić information content (AvgIpc) is 2.09. The number of aliphatic hydroxyl groups is 1. The van der Waals surface area contributed by atoms with Crippen molar-refractivity contribution in [2.24, 2.45) is 5.92 Å². The third-order valence-electron chi connectivity index (χ3n) is 2.53. The molecule has 2 atom stereocenters. The molecule has 0 aliphatic rings. The number of unbranched alkanes of at least 4 members (excludes halogenated alkanes) is 2. The highest BCUT2D eigenvalue weighted by Gasteiger charge is 2.07. The van der Waals surface area contributed by atoms with Crippen LogP contribution in [0.5, 0.6) is 0 Å². The number of rotatable bonds is 7. The second-order valence-electron chi connectivity index (χ2n) is 4.05. The van der Waals surface area contributed by atoms with E-state index in [0.717, 1.165) is 32.2 Å². The van der Waals surface area contributed by atoms with Crippen LogP contribution in [0, 0.1) is 5.92 Å². The minimum atomic E-state index is -0.203. The molecule has 0 aromatic carbocycles. The van der Waals surface area contributed by atoms with E-state index in [0.29, 0.717) is 5.92 Å². The maximum Gasteiger partial charge on any atom is 0.216 e. The van der Waals surface area contributed by atoms with E-state index in [9.17, 15) is 9.90 Å². The summed E-state index contributed by atoms with van der Waals surface area (Å²) in [4.78, 5) is 10.5. The molecule has 2 N–H and O–H groups in total. The lowest BCUT2D eigenvalue weighted by molar-refractivity contribution is -0.118. The molecule has 0 rings (SSSR count). The third kappa shape index (κ3) is 8.05. The maximum absolute atomic E-state index is 10.5. The normalized spacial score (nSPS) is 14.9. The van der Waals surface area contributed by atoms with Crippen LogP contribution in [0.25, 0.3) is 0 Å². The van der Waals surface area contributed by atoms with Crippen molar-refractivity contribution in [2.45, 2.75) is 52.6 Å². The number of aliphatic hydroxyl groups excluding tert-OH is 1. The summed E-state index contributed by atoms with van der Waals surface area (Å²) in [5, 5.41) is 12.0. The van der Waals surface area contributed by atoms with Crippen LogP contribution >= 0.6 is 0 Å². The zero-order valence-electron chi connectivity index (χ0n) is 9.55. The quantitative estimate of drug-likeness (QED) is 0.616. The lowest BCUT2D eigenvalue weighted by atomic mass is 9.98. The maximum atomic E-state index is 10.5. The highest BCUT2D eigenvalue weighted by molar-refractivity contribution is 5.72. The van der Waals surface area contributed by atoms with Gasteiger partial charge in [0.15, 0.2) is 0 Å². The van der Waals surface area contributed by atoms with Gasteiger partial charge < -0.3 is 10.4 Å². The molecule has 1 amide bonds. The summed E-state index contributed by atoms with van der Waals surface area (Å²) in [6, 6.07) is 0. The monoisotopic (exact) mass is 201 g/mol. The minimum Gasteiger partial charge on any atom is -0.393 e. The molecule has 2 unspecified atom stereocenters. The zero-order valence-corrected chi connectivity index (χ0v) is 9.55. The third-order valence-corrected chi connectivity index (χ3v) is 2.53. The first-order chi connectivity index (χ1) is 6.54. The van der Waals surface area contributed by atoms with Gasteiger partial charge in [0, 0.05) is 13.5 Å². The number of carbonyl (C=O) groups is 1. The van der Waals surface area contributed by atoms with Crippen molar-refractivity contribution in [3.63, 3.8) is 0 Å². The first kappa shape index (κ1) is 13.4. The van der Waals surface area contributed by atoms with E-state index in [-0.39, 0.29) is 12.0 Å². The second-order valence-corrected chi connectivity index (χ2v) is 4.05. The van der Waals surface area contributed by atoms with Gasteiger partial charge in [0.1, 0.15) is 0 Å². The van der Waals surface area contributed by atoms with Crippen LogP contribution in [0.1, 0.15) is 46.5 Å². The van der Waals surface area contributed by atoms with Gasteiger partial charge in [-0.2, -0.15) is 0 Å². The summed E-state index contributed by atoms with van der Waals surface area (Å²) in [7, 11) is 0. The molecule has 0 radical (unpaired) electrons.